The molecule has 3 N–H and O–H groups in total. The van der Waals surface area contributed by atoms with E-state index in [-0.39, 0.29) is 31.2 Å². The quantitative estimate of drug-likeness (QED) is 0.701. The number of halogens is 1. The maximum absolute atomic E-state index is 12.6. The third kappa shape index (κ3) is 3.92. The van der Waals surface area contributed by atoms with E-state index in [4.69, 9.17) is 15.6 Å². The van der Waals surface area contributed by atoms with Gasteiger partial charge in [0.25, 0.3) is 0 Å². The van der Waals surface area contributed by atoms with Crippen molar-refractivity contribution in [3.63, 3.8) is 0 Å². The number of nitrogens with zero attached hydrogens (tertiary/aromatic N) is 1. The molecule has 0 aromatic heterocycles. The van der Waals surface area contributed by atoms with Gasteiger partial charge in [0, 0.05) is 30.4 Å². The summed E-state index contributed by atoms with van der Waals surface area (Å²) in [7, 11) is -2.24. The summed E-state index contributed by atoms with van der Waals surface area (Å²) in [5, 5.41) is 9.04. The van der Waals surface area contributed by atoms with Crippen LogP contribution in [-0.4, -0.2) is 51.2 Å². The van der Waals surface area contributed by atoms with Gasteiger partial charge in [-0.1, -0.05) is 15.9 Å². The van der Waals surface area contributed by atoms with Gasteiger partial charge in [0.1, 0.15) is 0 Å². The summed E-state index contributed by atoms with van der Waals surface area (Å²) < 4.78 is 32.0. The van der Waals surface area contributed by atoms with Crippen LogP contribution in [0.3, 0.4) is 0 Å². The van der Waals surface area contributed by atoms with Crippen LogP contribution in [0.15, 0.2) is 21.5 Å². The lowest BCUT2D eigenvalue weighted by atomic mass is 10.2. The highest BCUT2D eigenvalue weighted by Gasteiger charge is 2.26. The van der Waals surface area contributed by atoms with Crippen molar-refractivity contribution < 1.29 is 18.3 Å². The van der Waals surface area contributed by atoms with E-state index in [2.05, 4.69) is 15.9 Å². The highest BCUT2D eigenvalue weighted by Crippen LogP contribution is 2.28. The highest BCUT2D eigenvalue weighted by molar-refractivity contribution is 9.10. The largest absolute Gasteiger partial charge is 0.398 e. The predicted octanol–water partition coefficient (Wildman–Crippen LogP) is 0.969. The summed E-state index contributed by atoms with van der Waals surface area (Å²) in [6.45, 7) is 1.83. The van der Waals surface area contributed by atoms with Crippen LogP contribution >= 0.6 is 15.9 Å². The minimum Gasteiger partial charge on any atom is -0.398 e. The van der Waals surface area contributed by atoms with E-state index in [0.717, 1.165) is 0 Å². The Morgan fingerprint density at radius 3 is 2.60 bits per heavy atom. The first-order chi connectivity index (χ1) is 9.34. The van der Waals surface area contributed by atoms with Gasteiger partial charge < -0.3 is 15.6 Å². The zero-order valence-electron chi connectivity index (χ0n) is 11.5. The number of nitrogens with two attached hydrogens (primary N) is 1. The van der Waals surface area contributed by atoms with Gasteiger partial charge in [0.15, 0.2) is 0 Å². The Morgan fingerprint density at radius 1 is 1.40 bits per heavy atom. The van der Waals surface area contributed by atoms with Crippen molar-refractivity contribution in [3.05, 3.63) is 22.2 Å². The molecule has 0 amide bonds. The molecule has 6 nitrogen and oxygen atoms in total. The summed E-state index contributed by atoms with van der Waals surface area (Å²) in [6.07, 6.45) is 0. The van der Waals surface area contributed by atoms with E-state index < -0.39 is 10.0 Å². The molecule has 0 saturated heterocycles. The van der Waals surface area contributed by atoms with Crippen molar-refractivity contribution >= 4 is 31.6 Å². The van der Waals surface area contributed by atoms with Gasteiger partial charge in [-0.25, -0.2) is 8.42 Å². The number of methoxy groups -OCH3 is 1. The molecule has 0 saturated carbocycles. The Bertz CT molecular complexity index is 563. The number of aliphatic hydroxyl groups excluding tert-OH is 1. The van der Waals surface area contributed by atoms with E-state index in [1.165, 1.54) is 17.5 Å². The first-order valence-electron chi connectivity index (χ1n) is 6.00. The van der Waals surface area contributed by atoms with Crippen molar-refractivity contribution in [2.75, 3.05) is 39.1 Å². The molecule has 0 heterocycles. The van der Waals surface area contributed by atoms with E-state index in [1.807, 2.05) is 0 Å². The number of ether oxygens (including phenoxy) is 1. The number of hydrogen-bond donors (Lipinski definition) is 2. The summed E-state index contributed by atoms with van der Waals surface area (Å²) in [4.78, 5) is 0.133. The van der Waals surface area contributed by atoms with Crippen molar-refractivity contribution in [2.45, 2.75) is 11.8 Å². The third-order valence-electron chi connectivity index (χ3n) is 2.88. The SMILES string of the molecule is COCCN(CCO)S(=O)(=O)c1cc(Br)cc(N)c1C. The molecule has 0 fully saturated rings. The van der Waals surface area contributed by atoms with Crippen LogP contribution in [0.2, 0.25) is 0 Å². The number of aliphatic hydroxyl groups is 1. The van der Waals surface area contributed by atoms with Crippen LogP contribution < -0.4 is 5.73 Å². The fraction of sp³-hybridized carbons (Fsp3) is 0.500. The molecule has 0 spiro atoms. The van der Waals surface area contributed by atoms with Gasteiger partial charge in [-0.05, 0) is 24.6 Å². The van der Waals surface area contributed by atoms with Gasteiger partial charge >= 0.3 is 0 Å². The van der Waals surface area contributed by atoms with Crippen molar-refractivity contribution in [1.29, 1.82) is 0 Å². The van der Waals surface area contributed by atoms with Crippen LogP contribution in [0.1, 0.15) is 5.56 Å². The monoisotopic (exact) mass is 366 g/mol. The molecule has 0 radical (unpaired) electrons. The Kier molecular flexibility index (Phi) is 6.41. The molecule has 0 unspecified atom stereocenters. The zero-order valence-corrected chi connectivity index (χ0v) is 13.9. The van der Waals surface area contributed by atoms with Gasteiger partial charge in [0.2, 0.25) is 10.0 Å². The normalized spacial score (nSPS) is 12.1. The Labute approximate surface area is 127 Å². The van der Waals surface area contributed by atoms with E-state index >= 15 is 0 Å². The average Bonchev–Trinajstić information content (AvgIpc) is 2.38. The first kappa shape index (κ1) is 17.4. The smallest absolute Gasteiger partial charge is 0.243 e. The molecule has 1 rings (SSSR count). The second-order valence-electron chi connectivity index (χ2n) is 4.24. The maximum Gasteiger partial charge on any atom is 0.243 e. The molecule has 0 aliphatic heterocycles. The third-order valence-corrected chi connectivity index (χ3v) is 5.36. The number of nitrogen functional groups attached to an aromatic ring is 1. The summed E-state index contributed by atoms with van der Waals surface area (Å²) in [6, 6.07) is 3.16. The molecule has 1 aromatic carbocycles. The minimum atomic E-state index is -3.73. The number of rotatable bonds is 7. The first-order valence-corrected chi connectivity index (χ1v) is 8.23. The molecule has 0 bridgehead atoms. The average molecular weight is 367 g/mol. The van der Waals surface area contributed by atoms with Gasteiger partial charge in [-0.2, -0.15) is 4.31 Å². The number of anilines is 1. The molecule has 1 aromatic rings. The van der Waals surface area contributed by atoms with Crippen LogP contribution in [-0.2, 0) is 14.8 Å². The van der Waals surface area contributed by atoms with Crippen LogP contribution in [0.5, 0.6) is 0 Å². The molecular formula is C12H19BrN2O4S. The lowest BCUT2D eigenvalue weighted by Crippen LogP contribution is -2.36. The molecular weight excluding hydrogens is 348 g/mol. The minimum absolute atomic E-state index is 0.0115. The highest BCUT2D eigenvalue weighted by atomic mass is 79.9. The van der Waals surface area contributed by atoms with Crippen LogP contribution in [0.4, 0.5) is 5.69 Å². The lowest BCUT2D eigenvalue weighted by Gasteiger charge is -2.22. The van der Waals surface area contributed by atoms with Gasteiger partial charge in [0.05, 0.1) is 18.1 Å². The summed E-state index contributed by atoms with van der Waals surface area (Å²) >= 11 is 3.24. The van der Waals surface area contributed by atoms with Crippen LogP contribution in [0.25, 0.3) is 0 Å². The van der Waals surface area contributed by atoms with E-state index in [1.54, 1.807) is 13.0 Å². The van der Waals surface area contributed by atoms with E-state index in [0.29, 0.717) is 15.7 Å². The Morgan fingerprint density at radius 2 is 2.05 bits per heavy atom. The zero-order chi connectivity index (χ0) is 15.3. The fourth-order valence-corrected chi connectivity index (χ4v) is 4.06. The molecule has 0 aliphatic rings. The van der Waals surface area contributed by atoms with Crippen LogP contribution in [0, 0.1) is 6.92 Å². The summed E-state index contributed by atoms with van der Waals surface area (Å²) in [5.74, 6) is 0. The second-order valence-corrected chi connectivity index (χ2v) is 7.06. The van der Waals surface area contributed by atoms with Crippen molar-refractivity contribution in [2.24, 2.45) is 0 Å². The molecule has 0 atom stereocenters. The van der Waals surface area contributed by atoms with Gasteiger partial charge in [-0.15, -0.1) is 0 Å². The standard InChI is InChI=1S/C12H19BrN2O4S/c1-9-11(14)7-10(13)8-12(9)20(17,18)15(3-5-16)4-6-19-2/h7-8,16H,3-6,14H2,1-2H3. The lowest BCUT2D eigenvalue weighted by molar-refractivity contribution is 0.168. The Balaban J connectivity index is 3.25. The predicted molar refractivity (Wildman–Crippen MR) is 81.0 cm³/mol. The molecule has 20 heavy (non-hydrogen) atoms. The van der Waals surface area contributed by atoms with Crippen molar-refractivity contribution in [3.8, 4) is 0 Å². The summed E-state index contributed by atoms with van der Waals surface area (Å²) in [5.41, 5.74) is 6.70. The fourth-order valence-electron chi connectivity index (χ4n) is 1.74. The number of benzene rings is 1. The molecule has 0 aliphatic carbocycles. The molecule has 8 heteroatoms. The Hall–Kier alpha value is -0.670. The van der Waals surface area contributed by atoms with E-state index in [9.17, 15) is 8.42 Å². The topological polar surface area (TPSA) is 92.9 Å². The second kappa shape index (κ2) is 7.37. The van der Waals surface area contributed by atoms with Gasteiger partial charge in [-0.3, -0.25) is 0 Å². The van der Waals surface area contributed by atoms with Crippen molar-refractivity contribution in [1.82, 2.24) is 4.31 Å². The molecule has 114 valence electrons. The number of sulfonamides is 1. The number of hydrogen-bond acceptors (Lipinski definition) is 5. The maximum atomic E-state index is 12.6.